The van der Waals surface area contributed by atoms with Crippen LogP contribution >= 0.6 is 0 Å². The van der Waals surface area contributed by atoms with Crippen LogP contribution in [0.5, 0.6) is 0 Å². The predicted octanol–water partition coefficient (Wildman–Crippen LogP) is 2.22. The van der Waals surface area contributed by atoms with Crippen molar-refractivity contribution in [2.45, 2.75) is 25.3 Å². The third kappa shape index (κ3) is 2.27. The number of carbonyl (C=O) groups excluding carboxylic acids is 1. The number of hydrogen-bond donors (Lipinski definition) is 1. The summed E-state index contributed by atoms with van der Waals surface area (Å²) < 4.78 is 0. The smallest absolute Gasteiger partial charge is 0.256 e. The van der Waals surface area contributed by atoms with Crippen LogP contribution in [0.1, 0.15) is 29.6 Å². The van der Waals surface area contributed by atoms with E-state index in [2.05, 4.69) is 4.98 Å². The van der Waals surface area contributed by atoms with Gasteiger partial charge in [0.2, 0.25) is 0 Å². The molecule has 3 rings (SSSR count). The highest BCUT2D eigenvalue weighted by molar-refractivity contribution is 6.05. The monoisotopic (exact) mass is 270 g/mol. The average molecular weight is 270 g/mol. The van der Waals surface area contributed by atoms with Gasteiger partial charge in [-0.05, 0) is 31.4 Å². The molecule has 0 saturated heterocycles. The van der Waals surface area contributed by atoms with E-state index in [1.165, 1.54) is 0 Å². The van der Waals surface area contributed by atoms with Crippen molar-refractivity contribution in [3.05, 3.63) is 42.1 Å². The van der Waals surface area contributed by atoms with Gasteiger partial charge in [-0.1, -0.05) is 18.2 Å². The lowest BCUT2D eigenvalue weighted by Gasteiger charge is -2.37. The van der Waals surface area contributed by atoms with E-state index in [1.807, 2.05) is 30.3 Å². The van der Waals surface area contributed by atoms with Gasteiger partial charge in [0.05, 0.1) is 17.7 Å². The van der Waals surface area contributed by atoms with Gasteiger partial charge in [-0.2, -0.15) is 0 Å². The fourth-order valence-electron chi connectivity index (χ4n) is 2.69. The Morgan fingerprint density at radius 2 is 2.10 bits per heavy atom. The van der Waals surface area contributed by atoms with Crippen LogP contribution in [0.15, 0.2) is 36.5 Å². The van der Waals surface area contributed by atoms with Gasteiger partial charge >= 0.3 is 0 Å². The molecule has 1 aromatic heterocycles. The standard InChI is InChI=1S/C16H18N2O2/c19-11-10-18(13-6-2-7-13)16(20)14-8-1-4-12-5-3-9-17-15(12)14/h1,3-5,8-9,13,19H,2,6-7,10-11H2. The maximum absolute atomic E-state index is 12.8. The summed E-state index contributed by atoms with van der Waals surface area (Å²) >= 11 is 0. The van der Waals surface area contributed by atoms with Gasteiger partial charge in [0.15, 0.2) is 0 Å². The first kappa shape index (κ1) is 13.1. The van der Waals surface area contributed by atoms with Crippen LogP contribution in [0, 0.1) is 0 Å². The van der Waals surface area contributed by atoms with Crippen molar-refractivity contribution in [3.8, 4) is 0 Å². The number of benzene rings is 1. The summed E-state index contributed by atoms with van der Waals surface area (Å²) in [5.74, 6) is -0.0203. The number of pyridine rings is 1. The molecule has 1 aliphatic carbocycles. The van der Waals surface area contributed by atoms with E-state index < -0.39 is 0 Å². The van der Waals surface area contributed by atoms with Crippen molar-refractivity contribution in [1.29, 1.82) is 0 Å². The van der Waals surface area contributed by atoms with Crippen molar-refractivity contribution in [1.82, 2.24) is 9.88 Å². The van der Waals surface area contributed by atoms with Gasteiger partial charge < -0.3 is 10.0 Å². The molecule has 0 spiro atoms. The summed E-state index contributed by atoms with van der Waals surface area (Å²) in [6.07, 6.45) is 4.93. The average Bonchev–Trinajstić information content (AvgIpc) is 2.43. The first-order valence-corrected chi connectivity index (χ1v) is 7.07. The predicted molar refractivity (Wildman–Crippen MR) is 77.5 cm³/mol. The molecule has 1 heterocycles. The maximum atomic E-state index is 12.8. The van der Waals surface area contributed by atoms with Crippen molar-refractivity contribution in [2.75, 3.05) is 13.2 Å². The van der Waals surface area contributed by atoms with E-state index in [0.29, 0.717) is 12.1 Å². The van der Waals surface area contributed by atoms with Gasteiger partial charge in [-0.15, -0.1) is 0 Å². The topological polar surface area (TPSA) is 53.4 Å². The highest BCUT2D eigenvalue weighted by Crippen LogP contribution is 2.27. The minimum Gasteiger partial charge on any atom is -0.395 e. The number of para-hydroxylation sites is 1. The normalized spacial score (nSPS) is 15.1. The maximum Gasteiger partial charge on any atom is 0.256 e. The second-order valence-electron chi connectivity index (χ2n) is 5.19. The van der Waals surface area contributed by atoms with Crippen LogP contribution in [-0.4, -0.2) is 40.1 Å². The Bertz CT molecular complexity index is 617. The van der Waals surface area contributed by atoms with E-state index >= 15 is 0 Å². The zero-order valence-electron chi connectivity index (χ0n) is 11.3. The number of rotatable bonds is 4. The minimum atomic E-state index is -0.0203. The zero-order chi connectivity index (χ0) is 13.9. The number of aromatic nitrogens is 1. The molecule has 4 heteroatoms. The second kappa shape index (κ2) is 5.59. The Labute approximate surface area is 118 Å². The highest BCUT2D eigenvalue weighted by Gasteiger charge is 2.29. The van der Waals surface area contributed by atoms with Gasteiger partial charge in [0, 0.05) is 24.2 Å². The molecule has 104 valence electrons. The Hall–Kier alpha value is -1.94. The van der Waals surface area contributed by atoms with Crippen LogP contribution in [0.2, 0.25) is 0 Å². The summed E-state index contributed by atoms with van der Waals surface area (Å²) in [5, 5.41) is 10.2. The molecule has 0 atom stereocenters. The summed E-state index contributed by atoms with van der Waals surface area (Å²) in [7, 11) is 0. The first-order chi connectivity index (χ1) is 9.81. The Morgan fingerprint density at radius 1 is 1.30 bits per heavy atom. The largest absolute Gasteiger partial charge is 0.395 e. The first-order valence-electron chi connectivity index (χ1n) is 7.07. The minimum absolute atomic E-state index is 0.000431. The molecule has 20 heavy (non-hydrogen) atoms. The quantitative estimate of drug-likeness (QED) is 0.926. The van der Waals surface area contributed by atoms with E-state index in [1.54, 1.807) is 11.1 Å². The van der Waals surface area contributed by atoms with Crippen molar-refractivity contribution < 1.29 is 9.90 Å². The van der Waals surface area contributed by atoms with Gasteiger partial charge in [0.25, 0.3) is 5.91 Å². The van der Waals surface area contributed by atoms with Crippen molar-refractivity contribution in [3.63, 3.8) is 0 Å². The Morgan fingerprint density at radius 3 is 2.80 bits per heavy atom. The summed E-state index contributed by atoms with van der Waals surface area (Å²) in [6, 6.07) is 9.76. The lowest BCUT2D eigenvalue weighted by Crippen LogP contribution is -2.45. The number of aliphatic hydroxyl groups is 1. The number of hydrogen-bond acceptors (Lipinski definition) is 3. The molecule has 0 aliphatic heterocycles. The molecule has 0 radical (unpaired) electrons. The number of nitrogens with zero attached hydrogens (tertiary/aromatic N) is 2. The second-order valence-corrected chi connectivity index (χ2v) is 5.19. The van der Waals surface area contributed by atoms with Crippen LogP contribution in [0.3, 0.4) is 0 Å². The zero-order valence-corrected chi connectivity index (χ0v) is 11.3. The van der Waals surface area contributed by atoms with Crippen LogP contribution in [-0.2, 0) is 0 Å². The Balaban J connectivity index is 1.98. The lowest BCUT2D eigenvalue weighted by molar-refractivity contribution is 0.0527. The van der Waals surface area contributed by atoms with Gasteiger partial charge in [0.1, 0.15) is 0 Å². The molecule has 1 amide bonds. The SMILES string of the molecule is O=C(c1cccc2cccnc12)N(CCO)C1CCC1. The molecular weight excluding hydrogens is 252 g/mol. The number of carbonyl (C=O) groups is 1. The van der Waals surface area contributed by atoms with Crippen molar-refractivity contribution >= 4 is 16.8 Å². The third-order valence-corrected chi connectivity index (χ3v) is 3.98. The molecule has 0 unspecified atom stereocenters. The fourth-order valence-corrected chi connectivity index (χ4v) is 2.69. The molecule has 1 N–H and O–H groups in total. The number of fused-ring (bicyclic) bond motifs is 1. The lowest BCUT2D eigenvalue weighted by atomic mass is 9.91. The van der Waals surface area contributed by atoms with Crippen LogP contribution < -0.4 is 0 Å². The summed E-state index contributed by atoms with van der Waals surface area (Å²) in [5.41, 5.74) is 1.37. The Kier molecular flexibility index (Phi) is 3.65. The van der Waals surface area contributed by atoms with E-state index in [9.17, 15) is 9.90 Å². The molecule has 2 aromatic rings. The van der Waals surface area contributed by atoms with Crippen molar-refractivity contribution in [2.24, 2.45) is 0 Å². The molecule has 1 saturated carbocycles. The van der Waals surface area contributed by atoms with Crippen LogP contribution in [0.4, 0.5) is 0 Å². The third-order valence-electron chi connectivity index (χ3n) is 3.98. The summed E-state index contributed by atoms with van der Waals surface area (Å²) in [6.45, 7) is 0.396. The molecule has 1 aromatic carbocycles. The number of amides is 1. The molecular formula is C16H18N2O2. The molecule has 0 bridgehead atoms. The highest BCUT2D eigenvalue weighted by atomic mass is 16.3. The summed E-state index contributed by atoms with van der Waals surface area (Å²) in [4.78, 5) is 18.9. The van der Waals surface area contributed by atoms with E-state index in [4.69, 9.17) is 0 Å². The number of aliphatic hydroxyl groups excluding tert-OH is 1. The molecule has 1 fully saturated rings. The van der Waals surface area contributed by atoms with Gasteiger partial charge in [-0.25, -0.2) is 0 Å². The van der Waals surface area contributed by atoms with Crippen LogP contribution in [0.25, 0.3) is 10.9 Å². The fraction of sp³-hybridized carbons (Fsp3) is 0.375. The van der Waals surface area contributed by atoms with E-state index in [-0.39, 0.29) is 18.6 Å². The van der Waals surface area contributed by atoms with E-state index in [0.717, 1.165) is 30.2 Å². The van der Waals surface area contributed by atoms with Gasteiger partial charge in [-0.3, -0.25) is 9.78 Å². The molecule has 4 nitrogen and oxygen atoms in total. The molecule has 1 aliphatic rings.